The second kappa shape index (κ2) is 2.02. The summed E-state index contributed by atoms with van der Waals surface area (Å²) in [4.78, 5) is 0. The van der Waals surface area contributed by atoms with Gasteiger partial charge in [-0.2, -0.15) is 9.49 Å². The molecule has 0 amide bonds. The first-order valence-corrected chi connectivity index (χ1v) is 3.06. The molecule has 0 spiro atoms. The second-order valence-corrected chi connectivity index (χ2v) is 2.16. The molecule has 0 radical (unpaired) electrons. The van der Waals surface area contributed by atoms with Crippen LogP contribution in [0.2, 0.25) is 0 Å². The largest absolute Gasteiger partial charge is 0.217 e. The highest BCUT2D eigenvalue weighted by Gasteiger charge is 2.01. The summed E-state index contributed by atoms with van der Waals surface area (Å²) in [6.45, 7) is 0. The number of halogens is 2. The lowest BCUT2D eigenvalue weighted by Crippen LogP contribution is -1.94. The van der Waals surface area contributed by atoms with Crippen molar-refractivity contribution >= 4 is 5.52 Å². The van der Waals surface area contributed by atoms with Crippen LogP contribution in [0.4, 0.5) is 8.78 Å². The molecule has 2 nitrogen and oxygen atoms in total. The van der Waals surface area contributed by atoms with Gasteiger partial charge in [0.25, 0.3) is 0 Å². The minimum Gasteiger partial charge on any atom is -0.207 e. The lowest BCUT2D eigenvalue weighted by Gasteiger charge is -1.94. The van der Waals surface area contributed by atoms with Crippen molar-refractivity contribution in [2.24, 2.45) is 0 Å². The summed E-state index contributed by atoms with van der Waals surface area (Å²) >= 11 is 0. The normalized spacial score (nSPS) is 10.7. The first-order valence-electron chi connectivity index (χ1n) is 3.06. The van der Waals surface area contributed by atoms with Gasteiger partial charge in [-0.3, -0.25) is 0 Å². The maximum absolute atomic E-state index is 12.7. The zero-order valence-electron chi connectivity index (χ0n) is 5.46. The van der Waals surface area contributed by atoms with Gasteiger partial charge in [-0.1, -0.05) is 0 Å². The molecule has 0 N–H and O–H groups in total. The Morgan fingerprint density at radius 2 is 2.09 bits per heavy atom. The number of rotatable bonds is 0. The molecule has 2 heterocycles. The average molecular weight is 154 g/mol. The molecule has 0 saturated heterocycles. The van der Waals surface area contributed by atoms with E-state index >= 15 is 0 Å². The zero-order valence-corrected chi connectivity index (χ0v) is 5.46. The van der Waals surface area contributed by atoms with Crippen LogP contribution in [-0.2, 0) is 0 Å². The van der Waals surface area contributed by atoms with Crippen LogP contribution in [0.5, 0.6) is 0 Å². The molecule has 0 bridgehead atoms. The molecule has 0 aromatic carbocycles. The van der Waals surface area contributed by atoms with E-state index in [1.807, 2.05) is 0 Å². The van der Waals surface area contributed by atoms with Crippen molar-refractivity contribution in [3.05, 3.63) is 36.2 Å². The van der Waals surface area contributed by atoms with Crippen LogP contribution in [0.1, 0.15) is 0 Å². The van der Waals surface area contributed by atoms with Crippen molar-refractivity contribution in [2.45, 2.75) is 0 Å². The Morgan fingerprint density at radius 3 is 2.91 bits per heavy atom. The molecule has 4 heteroatoms. The Balaban J connectivity index is 2.91. The highest BCUT2D eigenvalue weighted by atomic mass is 19.1. The van der Waals surface area contributed by atoms with E-state index in [0.717, 1.165) is 10.6 Å². The molecule has 2 aromatic heterocycles. The summed E-state index contributed by atoms with van der Waals surface area (Å²) in [7, 11) is 0. The highest BCUT2D eigenvalue weighted by molar-refractivity contribution is 5.45. The lowest BCUT2D eigenvalue weighted by atomic mass is 10.4. The Bertz CT molecular complexity index is 394. The molecule has 0 aliphatic rings. The Labute approximate surface area is 61.1 Å². The van der Waals surface area contributed by atoms with E-state index in [0.29, 0.717) is 5.52 Å². The molecule has 0 aliphatic heterocycles. The van der Waals surface area contributed by atoms with E-state index in [1.54, 1.807) is 0 Å². The summed E-state index contributed by atoms with van der Waals surface area (Å²) in [5.74, 6) is -1.28. The van der Waals surface area contributed by atoms with Crippen molar-refractivity contribution in [2.75, 3.05) is 0 Å². The van der Waals surface area contributed by atoms with Crippen LogP contribution in [0.3, 0.4) is 0 Å². The maximum atomic E-state index is 12.7. The highest BCUT2D eigenvalue weighted by Crippen LogP contribution is 2.07. The van der Waals surface area contributed by atoms with Crippen molar-refractivity contribution < 1.29 is 8.78 Å². The van der Waals surface area contributed by atoms with Crippen molar-refractivity contribution in [1.82, 2.24) is 9.61 Å². The Morgan fingerprint density at radius 1 is 1.27 bits per heavy atom. The minimum absolute atomic E-state index is 0.419. The van der Waals surface area contributed by atoms with Crippen LogP contribution < -0.4 is 0 Å². The van der Waals surface area contributed by atoms with Gasteiger partial charge >= 0.3 is 0 Å². The van der Waals surface area contributed by atoms with E-state index in [9.17, 15) is 8.78 Å². The maximum Gasteiger partial charge on any atom is 0.217 e. The van der Waals surface area contributed by atoms with Gasteiger partial charge in [0.15, 0.2) is 0 Å². The van der Waals surface area contributed by atoms with Gasteiger partial charge in [0.2, 0.25) is 5.95 Å². The molecule has 0 atom stereocenters. The van der Waals surface area contributed by atoms with E-state index < -0.39 is 11.8 Å². The molecule has 0 aliphatic carbocycles. The van der Waals surface area contributed by atoms with Gasteiger partial charge in [-0.15, -0.1) is 0 Å². The van der Waals surface area contributed by atoms with Gasteiger partial charge in [0, 0.05) is 6.07 Å². The molecular formula is C7H4F2N2. The van der Waals surface area contributed by atoms with E-state index in [4.69, 9.17) is 0 Å². The van der Waals surface area contributed by atoms with Crippen molar-refractivity contribution in [3.63, 3.8) is 0 Å². The van der Waals surface area contributed by atoms with Crippen molar-refractivity contribution in [1.29, 1.82) is 0 Å². The second-order valence-electron chi connectivity index (χ2n) is 2.16. The fraction of sp³-hybridized carbons (Fsp3) is 0. The number of fused-ring (bicyclic) bond motifs is 1. The summed E-state index contributed by atoms with van der Waals surface area (Å²) in [5.41, 5.74) is 0.419. The summed E-state index contributed by atoms with van der Waals surface area (Å²) in [6, 6.07) is 3.54. The molecule has 2 aromatic rings. The molecule has 0 saturated carbocycles. The van der Waals surface area contributed by atoms with Crippen LogP contribution in [-0.4, -0.2) is 9.61 Å². The van der Waals surface area contributed by atoms with Gasteiger partial charge < -0.3 is 0 Å². The minimum atomic E-state index is -0.690. The van der Waals surface area contributed by atoms with Crippen LogP contribution >= 0.6 is 0 Å². The van der Waals surface area contributed by atoms with Gasteiger partial charge in [-0.05, 0) is 12.1 Å². The number of nitrogens with zero attached hydrogens (tertiary/aromatic N) is 2. The lowest BCUT2D eigenvalue weighted by molar-refractivity contribution is 0.523. The number of aromatic nitrogens is 2. The van der Waals surface area contributed by atoms with Gasteiger partial charge in [-0.25, -0.2) is 8.91 Å². The molecule has 56 valence electrons. The summed E-state index contributed by atoms with van der Waals surface area (Å²) in [6.07, 6.45) is 1.41. The summed E-state index contributed by atoms with van der Waals surface area (Å²) < 4.78 is 26.3. The third kappa shape index (κ3) is 0.869. The molecule has 0 unspecified atom stereocenters. The molecule has 2 rings (SSSR count). The first-order chi connectivity index (χ1) is 5.27. The molecule has 11 heavy (non-hydrogen) atoms. The third-order valence-electron chi connectivity index (χ3n) is 1.42. The van der Waals surface area contributed by atoms with Gasteiger partial charge in [0.1, 0.15) is 5.82 Å². The summed E-state index contributed by atoms with van der Waals surface area (Å²) in [5, 5.41) is 3.63. The number of hydrogen-bond acceptors (Lipinski definition) is 1. The fourth-order valence-corrected chi connectivity index (χ4v) is 0.959. The van der Waals surface area contributed by atoms with Crippen LogP contribution in [0, 0.1) is 11.8 Å². The Kier molecular flexibility index (Phi) is 1.15. The quantitative estimate of drug-likeness (QED) is 0.527. The smallest absolute Gasteiger partial charge is 0.207 e. The third-order valence-corrected chi connectivity index (χ3v) is 1.42. The van der Waals surface area contributed by atoms with Gasteiger partial charge in [0.05, 0.1) is 11.7 Å². The standard InChI is InChI=1S/C7H4F2N2/c8-5-3-6-1-2-10-11(6)7(9)4-5/h1-4H. The van der Waals surface area contributed by atoms with Crippen LogP contribution in [0.25, 0.3) is 5.52 Å². The van der Waals surface area contributed by atoms with E-state index in [-0.39, 0.29) is 0 Å². The van der Waals surface area contributed by atoms with E-state index in [1.165, 1.54) is 18.3 Å². The monoisotopic (exact) mass is 154 g/mol. The topological polar surface area (TPSA) is 17.3 Å². The number of pyridine rings is 1. The predicted molar refractivity (Wildman–Crippen MR) is 35.1 cm³/mol. The first kappa shape index (κ1) is 6.27. The fourth-order valence-electron chi connectivity index (χ4n) is 0.959. The van der Waals surface area contributed by atoms with E-state index in [2.05, 4.69) is 5.10 Å². The predicted octanol–water partition coefficient (Wildman–Crippen LogP) is 1.61. The molecule has 0 fully saturated rings. The number of hydrogen-bond donors (Lipinski definition) is 0. The zero-order chi connectivity index (χ0) is 7.84. The molecular weight excluding hydrogens is 150 g/mol. The van der Waals surface area contributed by atoms with Crippen LogP contribution in [0.15, 0.2) is 24.4 Å². The SMILES string of the molecule is Fc1cc(F)n2nccc2c1. The average Bonchev–Trinajstić information content (AvgIpc) is 2.34. The van der Waals surface area contributed by atoms with Crippen molar-refractivity contribution in [3.8, 4) is 0 Å². The Hall–Kier alpha value is -1.45.